The third-order valence-corrected chi connectivity index (χ3v) is 6.18. The lowest BCUT2D eigenvalue weighted by atomic mass is 9.82. The molecule has 0 spiro atoms. The first-order chi connectivity index (χ1) is 12.6. The normalized spacial score (nSPS) is 14.3. The van der Waals surface area contributed by atoms with Gasteiger partial charge in [0.2, 0.25) is 0 Å². The van der Waals surface area contributed by atoms with Crippen molar-refractivity contribution in [1.29, 1.82) is 0 Å². The average molecular weight is 399 g/mol. The van der Waals surface area contributed by atoms with Crippen LogP contribution in [0.3, 0.4) is 0 Å². The van der Waals surface area contributed by atoms with E-state index in [0.717, 1.165) is 4.47 Å². The molecule has 126 valence electrons. The summed E-state index contributed by atoms with van der Waals surface area (Å²) in [6, 6.07) is 28.7. The van der Waals surface area contributed by atoms with Crippen molar-refractivity contribution < 1.29 is 0 Å². The van der Waals surface area contributed by atoms with Gasteiger partial charge in [0.15, 0.2) is 0 Å². The van der Waals surface area contributed by atoms with E-state index in [1.54, 1.807) is 0 Å². The molecule has 0 nitrogen and oxygen atoms in total. The molecule has 0 aromatic heterocycles. The van der Waals surface area contributed by atoms with Gasteiger partial charge < -0.3 is 0 Å². The summed E-state index contributed by atoms with van der Waals surface area (Å²) in [6.07, 6.45) is 0. The first-order valence-corrected chi connectivity index (χ1v) is 9.79. The fourth-order valence-corrected chi connectivity index (χ4v) is 4.91. The molecular formula is C25H19Br. The molecule has 0 radical (unpaired) electrons. The van der Waals surface area contributed by atoms with Gasteiger partial charge in [0.25, 0.3) is 0 Å². The van der Waals surface area contributed by atoms with Crippen LogP contribution in [-0.2, 0) is 5.41 Å². The summed E-state index contributed by atoms with van der Waals surface area (Å²) < 4.78 is 1.14. The summed E-state index contributed by atoms with van der Waals surface area (Å²) in [4.78, 5) is 0. The molecule has 0 saturated heterocycles. The van der Waals surface area contributed by atoms with E-state index in [1.165, 1.54) is 44.2 Å². The van der Waals surface area contributed by atoms with E-state index in [-0.39, 0.29) is 5.41 Å². The van der Waals surface area contributed by atoms with Crippen molar-refractivity contribution in [2.45, 2.75) is 19.3 Å². The zero-order chi connectivity index (χ0) is 17.9. The van der Waals surface area contributed by atoms with Crippen molar-refractivity contribution in [2.75, 3.05) is 0 Å². The SMILES string of the molecule is CC1(C)c2ccccc2-c2c(-c3cccc4ccccc34)cc(Br)cc21. The third-order valence-electron chi connectivity index (χ3n) is 5.73. The second-order valence-corrected chi connectivity index (χ2v) is 8.49. The van der Waals surface area contributed by atoms with Gasteiger partial charge >= 0.3 is 0 Å². The van der Waals surface area contributed by atoms with Gasteiger partial charge in [0.1, 0.15) is 0 Å². The minimum atomic E-state index is 0.00897. The van der Waals surface area contributed by atoms with Gasteiger partial charge in [-0.1, -0.05) is 96.5 Å². The van der Waals surface area contributed by atoms with Gasteiger partial charge in [-0.25, -0.2) is 0 Å². The molecule has 1 aliphatic carbocycles. The van der Waals surface area contributed by atoms with Gasteiger partial charge in [-0.2, -0.15) is 0 Å². The molecule has 1 aliphatic rings. The molecule has 0 amide bonds. The van der Waals surface area contributed by atoms with Crippen molar-refractivity contribution in [1.82, 2.24) is 0 Å². The summed E-state index contributed by atoms with van der Waals surface area (Å²) in [5.41, 5.74) is 8.17. The molecule has 5 rings (SSSR count). The van der Waals surface area contributed by atoms with Crippen molar-refractivity contribution in [2.24, 2.45) is 0 Å². The van der Waals surface area contributed by atoms with Crippen LogP contribution in [0.5, 0.6) is 0 Å². The van der Waals surface area contributed by atoms with Gasteiger partial charge in [-0.05, 0) is 56.3 Å². The molecule has 0 aliphatic heterocycles. The average Bonchev–Trinajstić information content (AvgIpc) is 2.89. The van der Waals surface area contributed by atoms with Gasteiger partial charge in [-0.3, -0.25) is 0 Å². The van der Waals surface area contributed by atoms with Crippen molar-refractivity contribution >= 4 is 26.7 Å². The fourth-order valence-electron chi connectivity index (χ4n) is 4.45. The maximum atomic E-state index is 3.77. The molecule has 4 aromatic rings. The van der Waals surface area contributed by atoms with Gasteiger partial charge in [0.05, 0.1) is 0 Å². The second kappa shape index (κ2) is 5.56. The van der Waals surface area contributed by atoms with E-state index in [4.69, 9.17) is 0 Å². The Morgan fingerprint density at radius 1 is 0.654 bits per heavy atom. The summed E-state index contributed by atoms with van der Waals surface area (Å²) in [6.45, 7) is 4.66. The topological polar surface area (TPSA) is 0 Å². The molecule has 0 atom stereocenters. The van der Waals surface area contributed by atoms with Crippen molar-refractivity contribution in [3.63, 3.8) is 0 Å². The van der Waals surface area contributed by atoms with Crippen LogP contribution >= 0.6 is 15.9 Å². The maximum absolute atomic E-state index is 3.77. The number of benzene rings is 4. The molecule has 26 heavy (non-hydrogen) atoms. The zero-order valence-corrected chi connectivity index (χ0v) is 16.5. The van der Waals surface area contributed by atoms with Crippen LogP contribution in [0.2, 0.25) is 0 Å². The zero-order valence-electron chi connectivity index (χ0n) is 14.9. The van der Waals surface area contributed by atoms with E-state index < -0.39 is 0 Å². The molecule has 0 N–H and O–H groups in total. The Bertz CT molecular complexity index is 1160. The molecule has 4 aromatic carbocycles. The number of rotatable bonds is 1. The fraction of sp³-hybridized carbons (Fsp3) is 0.120. The van der Waals surface area contributed by atoms with Crippen molar-refractivity contribution in [3.8, 4) is 22.3 Å². The molecule has 0 bridgehead atoms. The highest BCUT2D eigenvalue weighted by Crippen LogP contribution is 2.53. The Balaban J connectivity index is 1.92. The van der Waals surface area contributed by atoms with Gasteiger partial charge in [-0.15, -0.1) is 0 Å². The lowest BCUT2D eigenvalue weighted by molar-refractivity contribution is 0.660. The van der Waals surface area contributed by atoms with Crippen LogP contribution in [0.15, 0.2) is 83.3 Å². The largest absolute Gasteiger partial charge is 0.0619 e. The highest BCUT2D eigenvalue weighted by molar-refractivity contribution is 9.10. The highest BCUT2D eigenvalue weighted by Gasteiger charge is 2.37. The number of fused-ring (bicyclic) bond motifs is 4. The van der Waals surface area contributed by atoms with Crippen molar-refractivity contribution in [3.05, 3.63) is 94.5 Å². The van der Waals surface area contributed by atoms with E-state index in [2.05, 4.69) is 109 Å². The monoisotopic (exact) mass is 398 g/mol. The quantitative estimate of drug-likeness (QED) is 0.310. The van der Waals surface area contributed by atoms with E-state index in [9.17, 15) is 0 Å². The van der Waals surface area contributed by atoms with E-state index in [1.807, 2.05) is 0 Å². The number of halogens is 1. The number of hydrogen-bond donors (Lipinski definition) is 0. The maximum Gasteiger partial charge on any atom is 0.0184 e. The summed E-state index contributed by atoms with van der Waals surface area (Å²) >= 11 is 3.77. The molecular weight excluding hydrogens is 380 g/mol. The van der Waals surface area contributed by atoms with Crippen LogP contribution in [-0.4, -0.2) is 0 Å². The van der Waals surface area contributed by atoms with E-state index in [0.29, 0.717) is 0 Å². The Kier molecular flexibility index (Phi) is 3.39. The molecule has 0 fully saturated rings. The van der Waals surface area contributed by atoms with E-state index >= 15 is 0 Å². The molecule has 0 saturated carbocycles. The van der Waals surface area contributed by atoms with Gasteiger partial charge in [0, 0.05) is 9.89 Å². The van der Waals surface area contributed by atoms with Crippen LogP contribution in [0.4, 0.5) is 0 Å². The van der Waals surface area contributed by atoms with Crippen LogP contribution < -0.4 is 0 Å². The predicted octanol–water partition coefficient (Wildman–Crippen LogP) is 7.58. The minimum absolute atomic E-state index is 0.00897. The molecule has 0 heterocycles. The standard InChI is InChI=1S/C25H19Br/c1-25(2)22-13-6-5-11-20(22)24-21(14-17(26)15-23(24)25)19-12-7-9-16-8-3-4-10-18(16)19/h3-15H,1-2H3. The second-order valence-electron chi connectivity index (χ2n) is 7.57. The Morgan fingerprint density at radius 3 is 2.23 bits per heavy atom. The first kappa shape index (κ1) is 15.8. The molecule has 0 unspecified atom stereocenters. The summed E-state index contributed by atoms with van der Waals surface area (Å²) in [7, 11) is 0. The highest BCUT2D eigenvalue weighted by atomic mass is 79.9. The first-order valence-electron chi connectivity index (χ1n) is 8.99. The predicted molar refractivity (Wildman–Crippen MR) is 115 cm³/mol. The Hall–Kier alpha value is -2.38. The smallest absolute Gasteiger partial charge is 0.0184 e. The lowest BCUT2D eigenvalue weighted by Crippen LogP contribution is -2.14. The molecule has 1 heteroatoms. The van der Waals surface area contributed by atoms with Crippen LogP contribution in [0.1, 0.15) is 25.0 Å². The Labute approximate surface area is 162 Å². The minimum Gasteiger partial charge on any atom is -0.0619 e. The summed E-state index contributed by atoms with van der Waals surface area (Å²) in [5.74, 6) is 0. The summed E-state index contributed by atoms with van der Waals surface area (Å²) in [5, 5.41) is 2.58. The number of hydrogen-bond acceptors (Lipinski definition) is 0. The lowest BCUT2D eigenvalue weighted by Gasteiger charge is -2.22. The van der Waals surface area contributed by atoms with Crippen LogP contribution in [0.25, 0.3) is 33.0 Å². The Morgan fingerprint density at radius 2 is 1.35 bits per heavy atom. The van der Waals surface area contributed by atoms with Crippen LogP contribution in [0, 0.1) is 0 Å². The third kappa shape index (κ3) is 2.13.